The van der Waals surface area contributed by atoms with E-state index in [0.29, 0.717) is 6.07 Å². The maximum Gasteiger partial charge on any atom is 0.161 e. The van der Waals surface area contributed by atoms with Crippen molar-refractivity contribution in [2.45, 2.75) is 40.2 Å². The first kappa shape index (κ1) is 27.1. The van der Waals surface area contributed by atoms with Crippen LogP contribution in [0.25, 0.3) is 10.8 Å². The van der Waals surface area contributed by atoms with Crippen molar-refractivity contribution in [3.63, 3.8) is 0 Å². The third-order valence-electron chi connectivity index (χ3n) is 4.54. The Balaban J connectivity index is 0.000000332. The van der Waals surface area contributed by atoms with Gasteiger partial charge in [-0.25, -0.2) is 13.2 Å². The fourth-order valence-electron chi connectivity index (χ4n) is 3.14. The molecule has 1 aliphatic rings. The molecule has 0 radical (unpaired) electrons. The summed E-state index contributed by atoms with van der Waals surface area (Å²) < 4.78 is 46.6. The van der Waals surface area contributed by atoms with E-state index in [1.54, 1.807) is 14.2 Å². The van der Waals surface area contributed by atoms with Crippen LogP contribution in [0, 0.1) is 17.5 Å². The van der Waals surface area contributed by atoms with Gasteiger partial charge < -0.3 is 20.5 Å². The molecule has 0 spiro atoms. The molecule has 176 valence electrons. The van der Waals surface area contributed by atoms with Crippen molar-refractivity contribution in [3.8, 4) is 11.5 Å². The first-order valence-corrected chi connectivity index (χ1v) is 10.7. The van der Waals surface area contributed by atoms with Gasteiger partial charge in [0.2, 0.25) is 0 Å². The average Bonchev–Trinajstić information content (AvgIpc) is 2.83. The number of hydrogen-bond donors (Lipinski definition) is 2. The molecule has 0 amide bonds. The molecular weight excluding hydrogens is 417 g/mol. The summed E-state index contributed by atoms with van der Waals surface area (Å²) in [5.74, 6) is -1.45. The minimum Gasteiger partial charge on any atom is -0.493 e. The highest BCUT2D eigenvalue weighted by atomic mass is 19.2. The summed E-state index contributed by atoms with van der Waals surface area (Å²) in [6, 6.07) is 10.5. The lowest BCUT2D eigenvalue weighted by molar-refractivity contribution is 0.356. The smallest absolute Gasteiger partial charge is 0.161 e. The van der Waals surface area contributed by atoms with Gasteiger partial charge in [0.25, 0.3) is 0 Å². The van der Waals surface area contributed by atoms with E-state index in [4.69, 9.17) is 15.2 Å². The molecule has 4 rings (SSSR count). The number of benzene rings is 3. The Hall–Kier alpha value is -2.93. The van der Waals surface area contributed by atoms with E-state index in [9.17, 15) is 13.2 Å². The zero-order valence-electron chi connectivity index (χ0n) is 19.6. The Morgan fingerprint density at radius 2 is 1.47 bits per heavy atom. The largest absolute Gasteiger partial charge is 0.493 e. The van der Waals surface area contributed by atoms with Crippen LogP contribution in [0.4, 0.5) is 18.9 Å². The van der Waals surface area contributed by atoms with E-state index in [0.717, 1.165) is 42.0 Å². The highest BCUT2D eigenvalue weighted by Gasteiger charge is 2.18. The van der Waals surface area contributed by atoms with Crippen LogP contribution in [-0.4, -0.2) is 26.8 Å². The lowest BCUT2D eigenvalue weighted by Crippen LogP contribution is -2.35. The normalized spacial score (nSPS) is 13.6. The molecule has 1 unspecified atom stereocenters. The predicted molar refractivity (Wildman–Crippen MR) is 126 cm³/mol. The van der Waals surface area contributed by atoms with Crippen LogP contribution >= 0.6 is 0 Å². The Morgan fingerprint density at radius 1 is 0.844 bits per heavy atom. The van der Waals surface area contributed by atoms with Crippen molar-refractivity contribution >= 4 is 16.5 Å². The average molecular weight is 451 g/mol. The molecule has 32 heavy (non-hydrogen) atoms. The van der Waals surface area contributed by atoms with Gasteiger partial charge in [0.1, 0.15) is 5.82 Å². The molecule has 1 aliphatic heterocycles. The van der Waals surface area contributed by atoms with Crippen molar-refractivity contribution < 1.29 is 22.6 Å². The van der Waals surface area contributed by atoms with E-state index < -0.39 is 17.5 Å². The van der Waals surface area contributed by atoms with Crippen molar-refractivity contribution in [3.05, 3.63) is 65.5 Å². The van der Waals surface area contributed by atoms with Crippen LogP contribution in [0.15, 0.2) is 42.5 Å². The zero-order valence-corrected chi connectivity index (χ0v) is 19.6. The Labute approximate surface area is 188 Å². The van der Waals surface area contributed by atoms with Crippen molar-refractivity contribution in [2.75, 3.05) is 26.1 Å². The number of methoxy groups -OCH3 is 2. The second-order valence-electron chi connectivity index (χ2n) is 6.42. The molecule has 3 aromatic carbocycles. The van der Waals surface area contributed by atoms with Gasteiger partial charge in [-0.2, -0.15) is 0 Å². The molecule has 1 heterocycles. The van der Waals surface area contributed by atoms with Gasteiger partial charge in [-0.15, -0.1) is 0 Å². The molecule has 0 saturated heterocycles. The lowest BCUT2D eigenvalue weighted by Gasteiger charge is -2.25. The minimum absolute atomic E-state index is 0.159. The number of anilines is 1. The molecule has 1 atom stereocenters. The van der Waals surface area contributed by atoms with Gasteiger partial charge in [0.15, 0.2) is 23.1 Å². The number of fused-ring (bicyclic) bond motifs is 3. The Morgan fingerprint density at radius 3 is 2.03 bits per heavy atom. The zero-order chi connectivity index (χ0) is 24.3. The van der Waals surface area contributed by atoms with E-state index in [1.165, 1.54) is 16.6 Å². The maximum atomic E-state index is 12.0. The lowest BCUT2D eigenvalue weighted by atomic mass is 9.94. The second kappa shape index (κ2) is 13.5. The molecule has 0 fully saturated rings. The van der Waals surface area contributed by atoms with Gasteiger partial charge in [-0.3, -0.25) is 0 Å². The summed E-state index contributed by atoms with van der Waals surface area (Å²) in [4.78, 5) is 0. The molecular formula is C25H33F3N2O2. The molecule has 0 aliphatic carbocycles. The van der Waals surface area contributed by atoms with Crippen LogP contribution in [0.1, 0.15) is 33.3 Å². The second-order valence-corrected chi connectivity index (χ2v) is 6.42. The molecule has 0 saturated carbocycles. The van der Waals surface area contributed by atoms with Crippen LogP contribution < -0.4 is 20.5 Å². The first-order valence-electron chi connectivity index (χ1n) is 10.7. The molecule has 0 bridgehead atoms. The maximum absolute atomic E-state index is 12.0. The van der Waals surface area contributed by atoms with Gasteiger partial charge in [0.05, 0.1) is 14.2 Å². The minimum atomic E-state index is -1.16. The SMILES string of the molecule is CC.CC.COc1cc2ccc3c(c2cc1OC)CC(N)CN3.Fc1ccc(F)c(F)c1. The number of halogens is 3. The van der Waals surface area contributed by atoms with Crippen molar-refractivity contribution in [2.24, 2.45) is 5.73 Å². The summed E-state index contributed by atoms with van der Waals surface area (Å²) in [6.45, 7) is 8.83. The summed E-state index contributed by atoms with van der Waals surface area (Å²) in [5.41, 5.74) is 8.48. The standard InChI is InChI=1S/C15H18N2O2.C6H3F3.2C2H6/c1-18-14-5-9-3-4-13-12(6-10(16)8-17-13)11(9)7-15(14)19-2;7-4-1-2-5(8)6(9)3-4;2*1-2/h3-5,7,10,17H,6,8,16H2,1-2H3;1-3H;2*1-2H3. The molecule has 7 heteroatoms. The summed E-state index contributed by atoms with van der Waals surface area (Å²) in [6.07, 6.45) is 0.884. The van der Waals surface area contributed by atoms with Crippen LogP contribution in [-0.2, 0) is 6.42 Å². The van der Waals surface area contributed by atoms with E-state index in [1.807, 2.05) is 39.8 Å². The van der Waals surface area contributed by atoms with E-state index in [-0.39, 0.29) is 6.04 Å². The topological polar surface area (TPSA) is 56.5 Å². The fraction of sp³-hybridized carbons (Fsp3) is 0.360. The van der Waals surface area contributed by atoms with E-state index in [2.05, 4.69) is 17.4 Å². The van der Waals surface area contributed by atoms with Crippen LogP contribution in [0.3, 0.4) is 0 Å². The summed E-state index contributed by atoms with van der Waals surface area (Å²) in [5, 5.41) is 5.70. The van der Waals surface area contributed by atoms with Gasteiger partial charge >= 0.3 is 0 Å². The van der Waals surface area contributed by atoms with E-state index >= 15 is 0 Å². The van der Waals surface area contributed by atoms with Crippen molar-refractivity contribution in [1.29, 1.82) is 0 Å². The van der Waals surface area contributed by atoms with Crippen molar-refractivity contribution in [1.82, 2.24) is 0 Å². The summed E-state index contributed by atoms with van der Waals surface area (Å²) >= 11 is 0. The third kappa shape index (κ3) is 6.79. The van der Waals surface area contributed by atoms with Crippen LogP contribution in [0.5, 0.6) is 11.5 Å². The number of rotatable bonds is 2. The Bertz CT molecular complexity index is 997. The van der Waals surface area contributed by atoms with Crippen LogP contribution in [0.2, 0.25) is 0 Å². The first-order chi connectivity index (χ1) is 15.4. The Kier molecular flexibility index (Phi) is 11.4. The quantitative estimate of drug-likeness (QED) is 0.449. The highest BCUT2D eigenvalue weighted by molar-refractivity contribution is 5.93. The van der Waals surface area contributed by atoms with Gasteiger partial charge in [-0.1, -0.05) is 33.8 Å². The number of nitrogens with one attached hydrogen (secondary N) is 1. The predicted octanol–water partition coefficient (Wildman–Crippen LogP) is 6.31. The molecule has 4 nitrogen and oxygen atoms in total. The number of hydrogen-bond acceptors (Lipinski definition) is 4. The summed E-state index contributed by atoms with van der Waals surface area (Å²) in [7, 11) is 3.31. The molecule has 3 aromatic rings. The fourth-order valence-corrected chi connectivity index (χ4v) is 3.14. The van der Waals surface area contributed by atoms with Gasteiger partial charge in [0, 0.05) is 24.3 Å². The third-order valence-corrected chi connectivity index (χ3v) is 4.54. The highest BCUT2D eigenvalue weighted by Crippen LogP contribution is 2.37. The molecule has 0 aromatic heterocycles. The van der Waals surface area contributed by atoms with Gasteiger partial charge in [-0.05, 0) is 53.1 Å². The monoisotopic (exact) mass is 450 g/mol. The number of ether oxygens (including phenoxy) is 2. The molecule has 3 N–H and O–H groups in total. The number of nitrogens with two attached hydrogens (primary N) is 1.